The molecule has 0 N–H and O–H groups in total. The Morgan fingerprint density at radius 1 is 0.408 bits per heavy atom. The average molecular weight is 645 g/mol. The molecule has 0 saturated carbocycles. The highest BCUT2D eigenvalue weighted by Gasteiger charge is 2.22. The molecule has 5 aromatic heterocycles. The van der Waals surface area contributed by atoms with Crippen molar-refractivity contribution in [3.05, 3.63) is 170 Å². The summed E-state index contributed by atoms with van der Waals surface area (Å²) in [4.78, 5) is 20.8. The second-order valence-corrected chi connectivity index (χ2v) is 12.9. The van der Waals surface area contributed by atoms with Crippen molar-refractivity contribution in [3.63, 3.8) is 0 Å². The van der Waals surface area contributed by atoms with E-state index in [1.165, 1.54) is 37.0 Å². The second-order valence-electron chi connectivity index (χ2n) is 11.9. The third kappa shape index (κ3) is 5.36. The van der Waals surface area contributed by atoms with Crippen LogP contribution in [0, 0.1) is 0 Å². The highest BCUT2D eigenvalue weighted by molar-refractivity contribution is 7.24. The van der Waals surface area contributed by atoms with Gasteiger partial charge in [0.2, 0.25) is 0 Å². The molecule has 5 heteroatoms. The molecule has 0 aliphatic carbocycles. The van der Waals surface area contributed by atoms with E-state index in [1.807, 2.05) is 47.7 Å². The average Bonchev–Trinajstić information content (AvgIpc) is 3.60. The number of hydrogen-bond acceptors (Lipinski definition) is 5. The van der Waals surface area contributed by atoms with Crippen LogP contribution in [0.4, 0.5) is 0 Å². The second kappa shape index (κ2) is 12.4. The number of rotatable bonds is 6. The molecule has 0 spiro atoms. The summed E-state index contributed by atoms with van der Waals surface area (Å²) >= 11 is 1.85. The highest BCUT2D eigenvalue weighted by Crippen LogP contribution is 2.50. The first kappa shape index (κ1) is 28.9. The normalized spacial score (nSPS) is 11.3. The van der Waals surface area contributed by atoms with Gasteiger partial charge in [-0.15, -0.1) is 11.3 Å². The molecule has 49 heavy (non-hydrogen) atoms. The first-order valence-electron chi connectivity index (χ1n) is 16.2. The molecule has 0 aliphatic heterocycles. The van der Waals surface area contributed by atoms with Gasteiger partial charge in [0.05, 0.1) is 34.0 Å². The molecule has 5 heterocycles. The number of nitrogens with zero attached hydrogens (tertiary/aromatic N) is 4. The molecular weight excluding hydrogens is 617 g/mol. The molecule has 0 saturated heterocycles. The van der Waals surface area contributed by atoms with Gasteiger partial charge in [0.1, 0.15) is 0 Å². The molecule has 0 amide bonds. The van der Waals surface area contributed by atoms with Gasteiger partial charge in [-0.1, -0.05) is 115 Å². The Bertz CT molecular complexity index is 2510. The Morgan fingerprint density at radius 2 is 0.980 bits per heavy atom. The molecule has 9 rings (SSSR count). The number of pyridine rings is 4. The molecule has 4 aromatic carbocycles. The first-order valence-corrected chi connectivity index (χ1v) is 17.0. The van der Waals surface area contributed by atoms with Gasteiger partial charge in [-0.25, -0.2) is 9.97 Å². The summed E-state index contributed by atoms with van der Waals surface area (Å²) in [6.45, 7) is 0. The third-order valence-corrected chi connectivity index (χ3v) is 10.1. The lowest BCUT2D eigenvalue weighted by Gasteiger charge is -2.12. The van der Waals surface area contributed by atoms with Crippen LogP contribution in [0.5, 0.6) is 0 Å². The van der Waals surface area contributed by atoms with E-state index >= 15 is 0 Å². The van der Waals surface area contributed by atoms with Crippen LogP contribution in [0.1, 0.15) is 0 Å². The van der Waals surface area contributed by atoms with Crippen molar-refractivity contribution in [2.45, 2.75) is 0 Å². The molecule has 0 radical (unpaired) electrons. The summed E-state index contributed by atoms with van der Waals surface area (Å²) in [6.07, 6.45) is 3.60. The molecular formula is C44H28N4S. The topological polar surface area (TPSA) is 51.6 Å². The van der Waals surface area contributed by atoms with Crippen molar-refractivity contribution in [1.29, 1.82) is 0 Å². The maximum atomic E-state index is 5.36. The fourth-order valence-electron chi connectivity index (χ4n) is 6.48. The Labute approximate surface area is 288 Å². The monoisotopic (exact) mass is 644 g/mol. The van der Waals surface area contributed by atoms with E-state index in [0.717, 1.165) is 50.7 Å². The molecule has 230 valence electrons. The molecule has 0 aliphatic rings. The number of thiophene rings is 1. The van der Waals surface area contributed by atoms with Crippen LogP contribution in [-0.2, 0) is 0 Å². The number of para-hydroxylation sites is 1. The molecule has 9 aromatic rings. The predicted octanol–water partition coefficient (Wildman–Crippen LogP) is 11.6. The fourth-order valence-corrected chi connectivity index (χ4v) is 7.84. The van der Waals surface area contributed by atoms with Crippen molar-refractivity contribution in [1.82, 2.24) is 19.9 Å². The van der Waals surface area contributed by atoms with Crippen molar-refractivity contribution < 1.29 is 0 Å². The maximum absolute atomic E-state index is 5.36. The van der Waals surface area contributed by atoms with Gasteiger partial charge in [0, 0.05) is 43.9 Å². The van der Waals surface area contributed by atoms with E-state index < -0.39 is 0 Å². The van der Waals surface area contributed by atoms with Gasteiger partial charge in [0.15, 0.2) is 0 Å². The van der Waals surface area contributed by atoms with Crippen LogP contribution in [0.3, 0.4) is 0 Å². The lowest BCUT2D eigenvalue weighted by atomic mass is 9.94. The van der Waals surface area contributed by atoms with Gasteiger partial charge in [-0.3, -0.25) is 9.97 Å². The van der Waals surface area contributed by atoms with Crippen molar-refractivity contribution in [2.24, 2.45) is 0 Å². The Balaban J connectivity index is 1.24. The van der Waals surface area contributed by atoms with E-state index in [4.69, 9.17) is 9.97 Å². The SMILES string of the molecule is c1ccc(-c2sc3c(c(-c4ccc(-c5cc(-c6ccccn6)nc(-c6ccccn6)c5)cc4)nc4ccccc43)c2-c2ccccc2)cc1. The summed E-state index contributed by atoms with van der Waals surface area (Å²) in [5.41, 5.74) is 12.0. The van der Waals surface area contributed by atoms with Crippen LogP contribution in [-0.4, -0.2) is 19.9 Å². The van der Waals surface area contributed by atoms with Gasteiger partial charge in [0.25, 0.3) is 0 Å². The minimum Gasteiger partial charge on any atom is -0.255 e. The van der Waals surface area contributed by atoms with Gasteiger partial charge < -0.3 is 0 Å². The fraction of sp³-hybridized carbons (Fsp3) is 0. The summed E-state index contributed by atoms with van der Waals surface area (Å²) in [5.74, 6) is 0. The van der Waals surface area contributed by atoms with Crippen LogP contribution in [0.2, 0.25) is 0 Å². The Hall–Kier alpha value is -6.30. The van der Waals surface area contributed by atoms with Gasteiger partial charge >= 0.3 is 0 Å². The lowest BCUT2D eigenvalue weighted by molar-refractivity contribution is 1.22. The van der Waals surface area contributed by atoms with E-state index in [2.05, 4.69) is 131 Å². The number of benzene rings is 4. The van der Waals surface area contributed by atoms with Gasteiger partial charge in [-0.2, -0.15) is 0 Å². The van der Waals surface area contributed by atoms with Crippen molar-refractivity contribution in [2.75, 3.05) is 0 Å². The quantitative estimate of drug-likeness (QED) is 0.181. The third-order valence-electron chi connectivity index (χ3n) is 8.80. The summed E-state index contributed by atoms with van der Waals surface area (Å²) in [7, 11) is 0. The number of aromatic nitrogens is 4. The smallest absolute Gasteiger partial charge is 0.0900 e. The number of hydrogen-bond donors (Lipinski definition) is 0. The lowest BCUT2D eigenvalue weighted by Crippen LogP contribution is -1.94. The van der Waals surface area contributed by atoms with Crippen LogP contribution in [0.15, 0.2) is 170 Å². The zero-order chi connectivity index (χ0) is 32.6. The largest absolute Gasteiger partial charge is 0.255 e. The van der Waals surface area contributed by atoms with Crippen LogP contribution in [0.25, 0.3) is 87.7 Å². The summed E-state index contributed by atoms with van der Waals surface area (Å²) in [5, 5.41) is 2.35. The van der Waals surface area contributed by atoms with Gasteiger partial charge in [-0.05, 0) is 64.7 Å². The van der Waals surface area contributed by atoms with Crippen LogP contribution < -0.4 is 0 Å². The first-order chi connectivity index (χ1) is 24.3. The van der Waals surface area contributed by atoms with Crippen LogP contribution >= 0.6 is 11.3 Å². The summed E-state index contributed by atoms with van der Waals surface area (Å²) in [6, 6.07) is 54.7. The zero-order valence-electron chi connectivity index (χ0n) is 26.4. The highest BCUT2D eigenvalue weighted by atomic mass is 32.1. The molecule has 0 atom stereocenters. The Kier molecular flexibility index (Phi) is 7.30. The van der Waals surface area contributed by atoms with E-state index in [9.17, 15) is 0 Å². The zero-order valence-corrected chi connectivity index (χ0v) is 27.2. The minimum atomic E-state index is 0.806. The van der Waals surface area contributed by atoms with E-state index in [1.54, 1.807) is 12.4 Å². The molecule has 0 bridgehead atoms. The predicted molar refractivity (Wildman–Crippen MR) is 203 cm³/mol. The molecule has 4 nitrogen and oxygen atoms in total. The molecule has 0 fully saturated rings. The van der Waals surface area contributed by atoms with E-state index in [-0.39, 0.29) is 0 Å². The van der Waals surface area contributed by atoms with Crippen molar-refractivity contribution >= 4 is 32.3 Å². The van der Waals surface area contributed by atoms with E-state index in [0.29, 0.717) is 0 Å². The molecule has 0 unspecified atom stereocenters. The Morgan fingerprint density at radius 3 is 1.61 bits per heavy atom. The maximum Gasteiger partial charge on any atom is 0.0900 e. The minimum absolute atomic E-state index is 0.806. The number of fused-ring (bicyclic) bond motifs is 3. The summed E-state index contributed by atoms with van der Waals surface area (Å²) < 4.78 is 1.25. The van der Waals surface area contributed by atoms with Crippen molar-refractivity contribution in [3.8, 4) is 66.7 Å². The standard InChI is InChI=1S/C44H28N4S/c1-3-13-30(14-4-1)40-41-42(48-35-18-8-7-17-34(35)44(41)49-43(40)32-15-5-2-6-16-32)31-23-21-29(22-24-31)33-27-38(36-19-9-11-25-45-36)47-39(28-33)37-20-10-12-26-46-37/h1-28H.